The zero-order valence-electron chi connectivity index (χ0n) is 88.3. The van der Waals surface area contributed by atoms with Gasteiger partial charge in [0.2, 0.25) is 0 Å². The first-order valence-corrected chi connectivity index (χ1v) is 82.1. The first kappa shape index (κ1) is 190. The van der Waals surface area contributed by atoms with E-state index >= 15 is 0 Å². The number of aliphatic carboxylic acids is 5. The Balaban J connectivity index is -0.0000000670. The van der Waals surface area contributed by atoms with Gasteiger partial charge < -0.3 is 148 Å². The van der Waals surface area contributed by atoms with E-state index in [1.54, 1.807) is 20.8 Å². The standard InChI is InChI=1S/C18H36O2.C9H19NO2.6C7H13N.C6H12O2.3C3H6O2.3C3H8O.C2H6O2.2CH4O.CH4.12ClH.6Pt/c1-2-3-4-5-6-7-8-9-10-11-12-13-14-15-16-17-18(19)20;1-8(2,3)6-9(4,5)10-7(11)12;6*1-6-4-2-3-5-7(6)8;1-6(2,3)4-5(7)8;3*1-2-3(4)5;3*1-2-3-4;3-1-2-4;2*1-2;;;;;;;;;;;;;;;;;;;/h2-17H2,1H3,(H,19,20);10H,6H2,1-5H3,(H,11,12);6*6-8H,1-5H2;4H2,1-3H3,(H,7,8);3*2H2,1H3,(H,4,5);3*4H,2-3H2,1H3;3-4H,1-2H2;2*2H,1H3;1H4;12*1H;;;;;;/q;;6*-2;;;;;;;;;;;;;;;;;;;;;;;;6*+4/p-12/t;;6*6-,7-;;;;;;;;;;;;;;;;;;;;;;;;;;;;;/m..111111............................./s1. The van der Waals surface area contributed by atoms with Crippen LogP contribution in [0.3, 0.4) is 0 Å². The molecule has 0 aromatic heterocycles. The number of carboxylic acid groups (broad SMARTS) is 6. The third kappa shape index (κ3) is 230. The Morgan fingerprint density at radius 3 is 0.521 bits per heavy atom. The van der Waals surface area contributed by atoms with E-state index in [9.17, 15) is 28.8 Å². The number of halogens is 12. The summed E-state index contributed by atoms with van der Waals surface area (Å²) in [5.41, 5.74) is 44.2. The van der Waals surface area contributed by atoms with Gasteiger partial charge in [-0.15, -0.1) is 0 Å². The molecule has 0 saturated heterocycles. The third-order valence-corrected chi connectivity index (χ3v) is 19.2. The van der Waals surface area contributed by atoms with Crippen LogP contribution >= 0.6 is 113 Å². The van der Waals surface area contributed by atoms with Crippen LogP contribution < -0.4 is 5.32 Å². The predicted molar refractivity (Wildman–Crippen MR) is 594 cm³/mol. The molecule has 0 heterocycles. The van der Waals surface area contributed by atoms with E-state index in [1.165, 1.54) is 199 Å². The molecule has 0 aromatic rings. The van der Waals surface area contributed by atoms with E-state index in [4.69, 9.17) is 214 Å². The monoisotopic (exact) mass is 3370 g/mol. The van der Waals surface area contributed by atoms with Crippen LogP contribution in [0.15, 0.2) is 0 Å². The van der Waals surface area contributed by atoms with Gasteiger partial charge in [-0.1, -0.05) is 341 Å². The summed E-state index contributed by atoms with van der Waals surface area (Å²) in [6.45, 7) is 52.7. The summed E-state index contributed by atoms with van der Waals surface area (Å²) < 4.78 is 0. The number of rotatable bonds is 26. The van der Waals surface area contributed by atoms with E-state index in [1.807, 2.05) is 55.4 Å². The first-order valence-electron chi connectivity index (χ1n) is 48.3. The van der Waals surface area contributed by atoms with Crippen LogP contribution in [0.2, 0.25) is 0 Å². The molecule has 0 aliphatic heterocycles. The summed E-state index contributed by atoms with van der Waals surface area (Å²) in [7, 11) is 60.5. The maximum atomic E-state index is 10.4. The van der Waals surface area contributed by atoms with Crippen LogP contribution in [0.4, 0.5) is 4.79 Å². The minimum absolute atomic E-state index is 0. The third-order valence-electron chi connectivity index (χ3n) is 19.2. The molecular weight excluding hydrogens is 3180 g/mol. The van der Waals surface area contributed by atoms with Crippen LogP contribution in [0.5, 0.6) is 0 Å². The molecule has 6 aliphatic carbocycles. The zero-order valence-corrected chi connectivity index (χ0v) is 111. The molecule has 20 N–H and O–H groups in total. The number of hydrogen-bond acceptors (Lipinski definition) is 13. The molecule has 0 spiro atoms. The van der Waals surface area contributed by atoms with Gasteiger partial charge >= 0.3 is 248 Å². The quantitative estimate of drug-likeness (QED) is 0.0282. The van der Waals surface area contributed by atoms with Crippen LogP contribution in [0.25, 0.3) is 34.4 Å². The Morgan fingerprint density at radius 2 is 0.437 bits per heavy atom. The van der Waals surface area contributed by atoms with Crippen molar-refractivity contribution in [3.8, 4) is 0 Å². The first-order chi connectivity index (χ1) is 66.1. The van der Waals surface area contributed by atoms with Gasteiger partial charge in [0.1, 0.15) is 0 Å². The minimum atomic E-state index is -0.954. The number of unbranched alkanes of at least 4 members (excludes halogenated alkanes) is 14. The van der Waals surface area contributed by atoms with Crippen molar-refractivity contribution in [1.82, 2.24) is 5.32 Å². The van der Waals surface area contributed by atoms with Crippen molar-refractivity contribution in [2.75, 3.05) is 47.3 Å². The molecule has 0 unspecified atom stereocenters. The Kier molecular flexibility index (Phi) is 217. The van der Waals surface area contributed by atoms with Crippen molar-refractivity contribution >= 4 is 149 Å². The van der Waals surface area contributed by atoms with Crippen molar-refractivity contribution < 1.29 is 194 Å². The molecule has 6 rings (SSSR count). The molecular formula is C98H205Cl12N7O19Pt6. The normalized spacial score (nSPS) is 19.3. The van der Waals surface area contributed by atoms with Crippen molar-refractivity contribution in [2.24, 2.45) is 46.3 Å². The van der Waals surface area contributed by atoms with E-state index < -0.39 is 135 Å². The Bertz CT molecular complexity index is 2040. The summed E-state index contributed by atoms with van der Waals surface area (Å²) in [5.74, 6) is -1.09. The SMILES string of the molecule is C.CC(C)(C)CC(=O)O.CC(C)(C)CC(C)(C)NC(=O)O.CCC(=O)O.CCC(=O)O.CCC(=O)O.CCCCCCCCCCCCCCCCCC(=O)O.CCCO.CCCO.CCCO.CO.CO.OCCO.[CH2-][C@@H]1CCCC[C@H]1[NH-].[CH2-][C@@H]1CCCC[C@H]1[NH-].[CH2-][C@@H]1CCCC[C@H]1[NH-].[CH2-][C@@H]1CCCC[C@H]1[NH-].[CH2-][C@@H]1CCCC[C@H]1[NH-].[CH2-][C@@H]1CCCC[C@H]1[NH-].[Cl][Pt+2][Cl].[Cl][Pt+2][Cl].[Cl][Pt+2][Cl].[Cl][Pt+2][Cl].[Cl][Pt+2][Cl].[Cl][Pt+2][Cl]. The summed E-state index contributed by atoms with van der Waals surface area (Å²) >= 11 is -2.83. The molecule has 0 radical (unpaired) electrons. The summed E-state index contributed by atoms with van der Waals surface area (Å²) in [5, 5.41) is 104. The van der Waals surface area contributed by atoms with Gasteiger partial charge in [0, 0.05) is 65.3 Å². The fourth-order valence-corrected chi connectivity index (χ4v) is 12.0. The van der Waals surface area contributed by atoms with Gasteiger partial charge in [0.05, 0.1) is 19.6 Å². The molecule has 12 atom stereocenters. The average Bonchev–Trinajstić information content (AvgIpc) is 0.875. The predicted octanol–water partition coefficient (Wildman–Crippen LogP) is 34.6. The van der Waals surface area contributed by atoms with Crippen LogP contribution in [-0.4, -0.2) is 191 Å². The number of hydrogen-bond donors (Lipinski definition) is 14. The van der Waals surface area contributed by atoms with Gasteiger partial charge in [0.15, 0.2) is 0 Å². The molecule has 6 aliphatic rings. The number of aliphatic hydroxyl groups excluding tert-OH is 7. The van der Waals surface area contributed by atoms with Crippen molar-refractivity contribution in [1.29, 1.82) is 0 Å². The number of carboxylic acids is 5. The van der Waals surface area contributed by atoms with Crippen molar-refractivity contribution in [3.05, 3.63) is 75.9 Å². The van der Waals surface area contributed by atoms with Gasteiger partial charge in [-0.25, -0.2) is 4.79 Å². The fourth-order valence-electron chi connectivity index (χ4n) is 12.0. The molecule has 0 aromatic carbocycles. The molecule has 6 saturated carbocycles. The topological polar surface area (TPSA) is 520 Å². The van der Waals surface area contributed by atoms with Crippen LogP contribution in [-0.2, 0) is 123 Å². The Morgan fingerprint density at radius 1 is 0.282 bits per heavy atom. The Hall–Kier alpha value is 3.71. The molecule has 6 fully saturated rings. The van der Waals surface area contributed by atoms with Gasteiger partial charge in [-0.05, 0) is 56.8 Å². The second kappa shape index (κ2) is 162. The van der Waals surface area contributed by atoms with Gasteiger partial charge in [-0.2, -0.15) is 71.8 Å². The van der Waals surface area contributed by atoms with E-state index in [-0.39, 0.29) is 98.9 Å². The average molecular weight is 3380 g/mol. The second-order valence-electron chi connectivity index (χ2n) is 35.3. The van der Waals surface area contributed by atoms with Crippen molar-refractivity contribution in [3.63, 3.8) is 0 Å². The molecule has 1 amide bonds. The van der Waals surface area contributed by atoms with E-state index in [2.05, 4.69) is 74.6 Å². The van der Waals surface area contributed by atoms with Gasteiger partial charge in [-0.3, -0.25) is 24.0 Å². The fraction of sp³-hybridized carbons (Fsp3) is 0.878. The van der Waals surface area contributed by atoms with E-state index in [0.717, 1.165) is 91.3 Å². The molecule has 44 heteroatoms. The molecule has 0 bridgehead atoms. The summed E-state index contributed by atoms with van der Waals surface area (Å²) in [6, 6.07) is 0.854. The molecule has 26 nitrogen and oxygen atoms in total. The number of amides is 1. The van der Waals surface area contributed by atoms with Crippen molar-refractivity contribution in [2.45, 2.75) is 461 Å². The summed E-state index contributed by atoms with van der Waals surface area (Å²) in [4.78, 5) is 58.8. The molecule has 890 valence electrons. The number of aliphatic hydroxyl groups is 7. The number of carbonyl (C=O) groups is 6. The maximum absolute atomic E-state index is 10.4. The van der Waals surface area contributed by atoms with Crippen LogP contribution in [0.1, 0.15) is 419 Å². The second-order valence-corrected chi connectivity index (χ2v) is 55.0. The molecule has 142 heavy (non-hydrogen) atoms. The van der Waals surface area contributed by atoms with E-state index in [0.29, 0.717) is 61.7 Å². The van der Waals surface area contributed by atoms with Gasteiger partial charge in [0.25, 0.3) is 0 Å². The Labute approximate surface area is 968 Å². The zero-order chi connectivity index (χ0) is 114. The van der Waals surface area contributed by atoms with Crippen LogP contribution in [0, 0.1) is 87.9 Å². The summed E-state index contributed by atoms with van der Waals surface area (Å²) in [6.07, 6.45) is 52.4. The number of nitrogens with one attached hydrogen (secondary N) is 7.